The third-order valence-electron chi connectivity index (χ3n) is 2.68. The Labute approximate surface area is 111 Å². The Morgan fingerprint density at radius 1 is 1.21 bits per heavy atom. The molecule has 3 rings (SSSR count). The van der Waals surface area contributed by atoms with Crippen molar-refractivity contribution in [3.05, 3.63) is 30.4 Å². The Balaban J connectivity index is 1.85. The molecule has 0 bridgehead atoms. The van der Waals surface area contributed by atoms with Crippen LogP contribution < -0.4 is 0 Å². The predicted molar refractivity (Wildman–Crippen MR) is 61.7 cm³/mol. The monoisotopic (exact) mass is 286 g/mol. The summed E-state index contributed by atoms with van der Waals surface area (Å²) in [5.74, 6) is 0. The molecule has 0 atom stereocenters. The van der Waals surface area contributed by atoms with Crippen molar-refractivity contribution in [2.45, 2.75) is 35.4 Å². The zero-order chi connectivity index (χ0) is 13.5. The van der Waals surface area contributed by atoms with Crippen LogP contribution in [0, 0.1) is 0 Å². The van der Waals surface area contributed by atoms with Gasteiger partial charge in [0.05, 0.1) is 0 Å². The molecule has 19 heavy (non-hydrogen) atoms. The average Bonchev–Trinajstić information content (AvgIpc) is 3.10. The minimum atomic E-state index is -4.45. The zero-order valence-corrected chi connectivity index (χ0v) is 10.4. The highest BCUT2D eigenvalue weighted by Gasteiger charge is 2.33. The number of aromatic nitrogens is 4. The first kappa shape index (κ1) is 12.5. The van der Waals surface area contributed by atoms with Crippen LogP contribution in [0.5, 0.6) is 0 Å². The fraction of sp³-hybridized carbons (Fsp3) is 0.364. The maximum absolute atomic E-state index is 12.5. The van der Waals surface area contributed by atoms with E-state index in [4.69, 9.17) is 0 Å². The summed E-state index contributed by atoms with van der Waals surface area (Å²) in [6.45, 7) is 0. The molecule has 0 unspecified atom stereocenters. The average molecular weight is 286 g/mol. The Bertz CT molecular complexity index is 592. The van der Waals surface area contributed by atoms with E-state index in [-0.39, 0.29) is 5.16 Å². The van der Waals surface area contributed by atoms with Gasteiger partial charge in [0.15, 0.2) is 10.3 Å². The number of hydrogen-bond donors (Lipinski definition) is 0. The van der Waals surface area contributed by atoms with Crippen LogP contribution in [0.3, 0.4) is 0 Å². The molecule has 4 nitrogen and oxygen atoms in total. The van der Waals surface area contributed by atoms with Crippen LogP contribution in [-0.4, -0.2) is 19.5 Å². The van der Waals surface area contributed by atoms with Gasteiger partial charge in [0.2, 0.25) is 0 Å². The van der Waals surface area contributed by atoms with Crippen LogP contribution in [-0.2, 0) is 6.18 Å². The number of hydrogen-bond acceptors (Lipinski definition) is 4. The van der Waals surface area contributed by atoms with E-state index in [9.17, 15) is 13.2 Å². The van der Waals surface area contributed by atoms with E-state index in [1.165, 1.54) is 0 Å². The fourth-order valence-corrected chi connectivity index (χ4v) is 2.49. The van der Waals surface area contributed by atoms with E-state index < -0.39 is 11.9 Å². The Morgan fingerprint density at radius 3 is 2.68 bits per heavy atom. The maximum atomic E-state index is 12.5. The second-order valence-electron chi connectivity index (χ2n) is 4.17. The van der Waals surface area contributed by atoms with Crippen LogP contribution in [0.1, 0.15) is 24.6 Å². The van der Waals surface area contributed by atoms with Crippen molar-refractivity contribution in [1.29, 1.82) is 0 Å². The summed E-state index contributed by atoms with van der Waals surface area (Å²) in [6, 6.07) is 1.27. The molecule has 0 aliphatic heterocycles. The van der Waals surface area contributed by atoms with Crippen molar-refractivity contribution in [2.75, 3.05) is 0 Å². The topological polar surface area (TPSA) is 43.6 Å². The summed E-state index contributed by atoms with van der Waals surface area (Å²) in [5.41, 5.74) is -0.936. The zero-order valence-electron chi connectivity index (χ0n) is 9.63. The molecule has 0 amide bonds. The van der Waals surface area contributed by atoms with Gasteiger partial charge in [-0.3, -0.25) is 0 Å². The molecule has 0 N–H and O–H groups in total. The van der Waals surface area contributed by atoms with Crippen LogP contribution in [0.25, 0.3) is 0 Å². The van der Waals surface area contributed by atoms with Gasteiger partial charge in [-0.05, 0) is 30.7 Å². The first-order chi connectivity index (χ1) is 9.04. The van der Waals surface area contributed by atoms with Crippen LogP contribution in [0.15, 0.2) is 35.0 Å². The van der Waals surface area contributed by atoms with E-state index in [1.54, 1.807) is 6.20 Å². The van der Waals surface area contributed by atoms with Crippen molar-refractivity contribution in [1.82, 2.24) is 19.5 Å². The van der Waals surface area contributed by atoms with E-state index >= 15 is 0 Å². The second-order valence-corrected chi connectivity index (χ2v) is 5.11. The molecular weight excluding hydrogens is 277 g/mol. The molecule has 8 heteroatoms. The first-order valence-corrected chi connectivity index (χ1v) is 6.46. The summed E-state index contributed by atoms with van der Waals surface area (Å²) in [7, 11) is 0. The van der Waals surface area contributed by atoms with Crippen molar-refractivity contribution in [2.24, 2.45) is 0 Å². The van der Waals surface area contributed by atoms with Crippen molar-refractivity contribution < 1.29 is 13.2 Å². The summed E-state index contributed by atoms with van der Waals surface area (Å²) in [4.78, 5) is 11.5. The lowest BCUT2D eigenvalue weighted by Gasteiger charge is -2.07. The highest BCUT2D eigenvalue weighted by atomic mass is 32.2. The number of imidazole rings is 1. The first-order valence-electron chi connectivity index (χ1n) is 5.65. The van der Waals surface area contributed by atoms with Crippen molar-refractivity contribution in [3.8, 4) is 0 Å². The van der Waals surface area contributed by atoms with Gasteiger partial charge in [0.25, 0.3) is 0 Å². The molecule has 100 valence electrons. The molecule has 0 radical (unpaired) electrons. The quantitative estimate of drug-likeness (QED) is 0.813. The van der Waals surface area contributed by atoms with Crippen LogP contribution >= 0.6 is 11.8 Å². The highest BCUT2D eigenvalue weighted by Crippen LogP contribution is 2.38. The van der Waals surface area contributed by atoms with Gasteiger partial charge in [-0.15, -0.1) is 0 Å². The Morgan fingerprint density at radius 2 is 2.00 bits per heavy atom. The number of nitrogens with zero attached hydrogens (tertiary/aromatic N) is 4. The standard InChI is InChI=1S/C11H9F3N4S/c12-11(13,14)8-3-4-15-9(17-8)19-10-16-5-6-18(10)7-1-2-7/h3-7H,1-2H2. The minimum absolute atomic E-state index is 0.0583. The predicted octanol–water partition coefficient (Wildman–Crippen LogP) is 3.18. The SMILES string of the molecule is FC(F)(F)c1ccnc(Sc2nccn2C2CC2)n1. The van der Waals surface area contributed by atoms with Crippen molar-refractivity contribution in [3.63, 3.8) is 0 Å². The Kier molecular flexibility index (Phi) is 2.96. The van der Waals surface area contributed by atoms with Gasteiger partial charge in [0.1, 0.15) is 5.69 Å². The summed E-state index contributed by atoms with van der Waals surface area (Å²) >= 11 is 1.05. The van der Waals surface area contributed by atoms with Gasteiger partial charge >= 0.3 is 6.18 Å². The third kappa shape index (κ3) is 2.73. The van der Waals surface area contributed by atoms with E-state index in [1.807, 2.05) is 10.8 Å². The molecule has 1 saturated carbocycles. The molecule has 2 heterocycles. The van der Waals surface area contributed by atoms with Gasteiger partial charge in [0, 0.05) is 24.6 Å². The smallest absolute Gasteiger partial charge is 0.323 e. The molecule has 2 aromatic rings. The largest absolute Gasteiger partial charge is 0.433 e. The Hall–Kier alpha value is -1.57. The number of alkyl halides is 3. The molecule has 0 saturated heterocycles. The van der Waals surface area contributed by atoms with E-state index in [0.717, 1.165) is 36.9 Å². The second kappa shape index (κ2) is 4.52. The van der Waals surface area contributed by atoms with Crippen LogP contribution in [0.2, 0.25) is 0 Å². The molecule has 2 aromatic heterocycles. The fourth-order valence-electron chi connectivity index (χ4n) is 1.64. The van der Waals surface area contributed by atoms with E-state index in [0.29, 0.717) is 11.2 Å². The lowest BCUT2D eigenvalue weighted by molar-refractivity contribution is -0.141. The highest BCUT2D eigenvalue weighted by molar-refractivity contribution is 7.99. The minimum Gasteiger partial charge on any atom is -0.323 e. The molecule has 1 fully saturated rings. The summed E-state index contributed by atoms with van der Waals surface area (Å²) < 4.78 is 39.6. The number of halogens is 3. The van der Waals surface area contributed by atoms with Gasteiger partial charge in [-0.1, -0.05) is 0 Å². The molecule has 0 aromatic carbocycles. The normalized spacial score (nSPS) is 15.7. The van der Waals surface area contributed by atoms with Crippen LogP contribution in [0.4, 0.5) is 13.2 Å². The van der Waals surface area contributed by atoms with E-state index in [2.05, 4.69) is 15.0 Å². The molecule has 1 aliphatic carbocycles. The number of rotatable bonds is 3. The molecule has 0 spiro atoms. The summed E-state index contributed by atoms with van der Waals surface area (Å²) in [5, 5.41) is 0.685. The lowest BCUT2D eigenvalue weighted by atomic mass is 10.4. The molecule has 1 aliphatic rings. The maximum Gasteiger partial charge on any atom is 0.433 e. The van der Waals surface area contributed by atoms with Gasteiger partial charge in [-0.25, -0.2) is 15.0 Å². The van der Waals surface area contributed by atoms with Gasteiger partial charge in [-0.2, -0.15) is 13.2 Å². The lowest BCUT2D eigenvalue weighted by Crippen LogP contribution is -2.09. The van der Waals surface area contributed by atoms with Gasteiger partial charge < -0.3 is 4.57 Å². The van der Waals surface area contributed by atoms with Crippen molar-refractivity contribution >= 4 is 11.8 Å². The third-order valence-corrected chi connectivity index (χ3v) is 3.56. The summed E-state index contributed by atoms with van der Waals surface area (Å²) in [6.07, 6.45) is 2.27. The molecular formula is C11H9F3N4S.